The third-order valence-electron chi connectivity index (χ3n) is 6.96. The first-order valence-electron chi connectivity index (χ1n) is 14.9. The third-order valence-corrected chi connectivity index (χ3v) is 6.96. The number of fused-ring (bicyclic) bond motifs is 1. The molecule has 1 atom stereocenters. The monoisotopic (exact) mass is 621 g/mol. The number of carbonyl (C=O) groups is 3. The molecule has 12 nitrogen and oxygen atoms in total. The Balaban J connectivity index is 0.00000106. The normalized spacial score (nSPS) is 20.1. The van der Waals surface area contributed by atoms with Gasteiger partial charge in [-0.1, -0.05) is 53.7 Å². The first-order chi connectivity index (χ1) is 21.0. The Bertz CT molecular complexity index is 1300. The van der Waals surface area contributed by atoms with Gasteiger partial charge in [0.05, 0.1) is 19.8 Å². The van der Waals surface area contributed by atoms with Crippen molar-refractivity contribution < 1.29 is 48.7 Å². The zero-order valence-corrected chi connectivity index (χ0v) is 26.1. The summed E-state index contributed by atoms with van der Waals surface area (Å²) in [6.07, 6.45) is 0. The van der Waals surface area contributed by atoms with Crippen LogP contribution in [0.2, 0.25) is 0 Å². The zero-order valence-electron chi connectivity index (χ0n) is 26.1. The molecule has 2 saturated heterocycles. The Labute approximate surface area is 257 Å². The van der Waals surface area contributed by atoms with Crippen LogP contribution in [0.3, 0.4) is 0 Å². The molecule has 5 N–H and O–H groups in total. The summed E-state index contributed by atoms with van der Waals surface area (Å²) in [6.45, 7) is 14.9. The van der Waals surface area contributed by atoms with E-state index in [2.05, 4.69) is 4.90 Å². The highest BCUT2D eigenvalue weighted by atomic mass is 19.1. The lowest BCUT2D eigenvalue weighted by molar-refractivity contribution is -0.355. The number of hydrogen-bond acceptors (Lipinski definition) is 10. The van der Waals surface area contributed by atoms with Crippen LogP contribution in [0.1, 0.15) is 68.6 Å². The van der Waals surface area contributed by atoms with Crippen LogP contribution >= 0.6 is 0 Å². The summed E-state index contributed by atoms with van der Waals surface area (Å²) >= 11 is 0. The van der Waals surface area contributed by atoms with E-state index in [1.165, 1.54) is 24.3 Å². The lowest BCUT2D eigenvalue weighted by Crippen LogP contribution is -2.79. The SMILES string of the molecule is CC.CC.CC.O=C1NC(=O)C(O)(O)C(O)(O)C1N1Cc2c(OCc3cc(CN4CCOCC4)ccc3F)cccc2C1=O. The standard InChI is InChI=1S/C25H26FN3O9.3C2H6/c26-18-5-4-14(11-28-6-8-37-9-7-28)10-15(18)13-38-19-3-1-2-16-17(19)12-29(22(16)31)20-21(30)27-23(32)25(35,36)24(20,33)34;3*1-2/h1-5,10,20,33-36H,6-9,11-13H2,(H,27,30,32);3*1-2H3. The van der Waals surface area contributed by atoms with Gasteiger partial charge >= 0.3 is 5.79 Å². The van der Waals surface area contributed by atoms with Crippen LogP contribution in [-0.2, 0) is 34.0 Å². The fraction of sp³-hybridized carbons (Fsp3) is 0.516. The number of hydrogen-bond donors (Lipinski definition) is 5. The first kappa shape index (κ1) is 36.7. The second-order valence-corrected chi connectivity index (χ2v) is 9.44. The van der Waals surface area contributed by atoms with E-state index in [-0.39, 0.29) is 35.6 Å². The number of carbonyl (C=O) groups excluding carboxylic acids is 3. The van der Waals surface area contributed by atoms with E-state index in [0.29, 0.717) is 24.7 Å². The van der Waals surface area contributed by atoms with Crippen molar-refractivity contribution in [1.29, 1.82) is 0 Å². The van der Waals surface area contributed by atoms with Crippen molar-refractivity contribution >= 4 is 17.7 Å². The number of benzene rings is 2. The lowest BCUT2D eigenvalue weighted by atomic mass is 9.90. The highest BCUT2D eigenvalue weighted by Crippen LogP contribution is 2.37. The molecule has 244 valence electrons. The molecule has 0 aromatic heterocycles. The summed E-state index contributed by atoms with van der Waals surface area (Å²) in [4.78, 5) is 40.1. The number of aliphatic hydroxyl groups is 4. The molecule has 0 aliphatic carbocycles. The Kier molecular flexibility index (Phi) is 13.4. The van der Waals surface area contributed by atoms with Gasteiger partial charge < -0.3 is 34.8 Å². The van der Waals surface area contributed by atoms with Crippen molar-refractivity contribution in [2.75, 3.05) is 26.3 Å². The average molecular weight is 622 g/mol. The minimum Gasteiger partial charge on any atom is -0.488 e. The van der Waals surface area contributed by atoms with Gasteiger partial charge in [-0.25, -0.2) is 4.39 Å². The van der Waals surface area contributed by atoms with E-state index in [9.17, 15) is 39.2 Å². The van der Waals surface area contributed by atoms with Crippen LogP contribution in [0, 0.1) is 5.82 Å². The summed E-state index contributed by atoms with van der Waals surface area (Å²) in [5.74, 6) is -11.6. The molecule has 3 aliphatic heterocycles. The molecule has 1 unspecified atom stereocenters. The molecule has 3 heterocycles. The van der Waals surface area contributed by atoms with Crippen LogP contribution in [-0.4, -0.2) is 91.9 Å². The van der Waals surface area contributed by atoms with E-state index in [1.807, 2.05) is 41.5 Å². The van der Waals surface area contributed by atoms with Gasteiger partial charge in [0, 0.05) is 36.3 Å². The van der Waals surface area contributed by atoms with Crippen molar-refractivity contribution in [2.45, 2.75) is 78.9 Å². The van der Waals surface area contributed by atoms with Crippen molar-refractivity contribution in [3.05, 3.63) is 64.5 Å². The molecular weight excluding hydrogens is 577 g/mol. The molecule has 2 fully saturated rings. The van der Waals surface area contributed by atoms with E-state index >= 15 is 0 Å². The number of morpholine rings is 1. The number of nitrogens with zero attached hydrogens (tertiary/aromatic N) is 2. The Morgan fingerprint density at radius 2 is 1.61 bits per heavy atom. The lowest BCUT2D eigenvalue weighted by Gasteiger charge is -2.44. The summed E-state index contributed by atoms with van der Waals surface area (Å²) in [5, 5.41) is 42.2. The largest absolute Gasteiger partial charge is 0.488 e. The van der Waals surface area contributed by atoms with E-state index in [0.717, 1.165) is 18.7 Å². The van der Waals surface area contributed by atoms with Crippen molar-refractivity contribution in [1.82, 2.24) is 15.1 Å². The molecule has 3 amide bonds. The molecule has 2 aromatic rings. The number of halogens is 1. The predicted molar refractivity (Wildman–Crippen MR) is 158 cm³/mol. The van der Waals surface area contributed by atoms with Gasteiger partial charge in [-0.05, 0) is 29.8 Å². The number of ether oxygens (including phenoxy) is 2. The molecule has 0 saturated carbocycles. The van der Waals surface area contributed by atoms with Crippen LogP contribution in [0.5, 0.6) is 5.75 Å². The number of piperidine rings is 1. The quantitative estimate of drug-likeness (QED) is 0.236. The van der Waals surface area contributed by atoms with Gasteiger partial charge in [0.25, 0.3) is 23.5 Å². The van der Waals surface area contributed by atoms with Gasteiger partial charge in [0.2, 0.25) is 0 Å². The van der Waals surface area contributed by atoms with Gasteiger partial charge in [-0.15, -0.1) is 0 Å². The first-order valence-corrected chi connectivity index (χ1v) is 14.9. The summed E-state index contributed by atoms with van der Waals surface area (Å²) in [6, 6.07) is 6.98. The molecule has 0 radical (unpaired) electrons. The smallest absolute Gasteiger partial charge is 0.303 e. The van der Waals surface area contributed by atoms with Crippen LogP contribution in [0.15, 0.2) is 36.4 Å². The minimum atomic E-state index is -3.76. The highest BCUT2D eigenvalue weighted by molar-refractivity contribution is 6.08. The molecule has 13 heteroatoms. The second-order valence-electron chi connectivity index (χ2n) is 9.44. The van der Waals surface area contributed by atoms with Crippen LogP contribution in [0.25, 0.3) is 0 Å². The summed E-state index contributed by atoms with van der Waals surface area (Å²) in [5.41, 5.74) is 1.51. The van der Waals surface area contributed by atoms with E-state index in [1.54, 1.807) is 17.4 Å². The predicted octanol–water partition coefficient (Wildman–Crippen LogP) is 1.66. The third kappa shape index (κ3) is 7.42. The topological polar surface area (TPSA) is 169 Å². The number of rotatable bonds is 6. The van der Waals surface area contributed by atoms with Gasteiger partial charge in [-0.2, -0.15) is 0 Å². The molecule has 3 aliphatic rings. The van der Waals surface area contributed by atoms with Crippen molar-refractivity contribution in [3.63, 3.8) is 0 Å². The maximum atomic E-state index is 14.6. The molecule has 2 aromatic carbocycles. The average Bonchev–Trinajstić information content (AvgIpc) is 3.36. The summed E-state index contributed by atoms with van der Waals surface area (Å²) < 4.78 is 25.8. The molecule has 0 bridgehead atoms. The Hall–Kier alpha value is -3.46. The van der Waals surface area contributed by atoms with Gasteiger partial charge in [0.1, 0.15) is 18.2 Å². The number of amides is 3. The van der Waals surface area contributed by atoms with Gasteiger partial charge in [0.15, 0.2) is 6.04 Å². The maximum Gasteiger partial charge on any atom is 0.303 e. The van der Waals surface area contributed by atoms with Crippen LogP contribution < -0.4 is 10.1 Å². The molecule has 44 heavy (non-hydrogen) atoms. The fourth-order valence-electron chi connectivity index (χ4n) is 4.85. The Morgan fingerprint density at radius 1 is 0.977 bits per heavy atom. The van der Waals surface area contributed by atoms with Gasteiger partial charge in [-0.3, -0.25) is 24.6 Å². The fourth-order valence-corrected chi connectivity index (χ4v) is 4.85. The van der Waals surface area contributed by atoms with Crippen molar-refractivity contribution in [3.8, 4) is 5.75 Å². The number of imide groups is 1. The van der Waals surface area contributed by atoms with E-state index < -0.39 is 41.2 Å². The van der Waals surface area contributed by atoms with Crippen molar-refractivity contribution in [2.24, 2.45) is 0 Å². The summed E-state index contributed by atoms with van der Waals surface area (Å²) in [7, 11) is 0. The minimum absolute atomic E-state index is 0.0611. The Morgan fingerprint density at radius 3 is 2.25 bits per heavy atom. The second kappa shape index (κ2) is 16.0. The van der Waals surface area contributed by atoms with E-state index in [4.69, 9.17) is 9.47 Å². The molecule has 0 spiro atoms. The van der Waals surface area contributed by atoms with Crippen LogP contribution in [0.4, 0.5) is 4.39 Å². The number of nitrogens with one attached hydrogen (secondary N) is 1. The molecule has 5 rings (SSSR count). The highest BCUT2D eigenvalue weighted by Gasteiger charge is 2.67. The maximum absolute atomic E-state index is 14.6. The molecular formula is C31H44FN3O9. The zero-order chi connectivity index (χ0) is 33.2.